The molecule has 0 fully saturated rings. The van der Waals surface area contributed by atoms with Crippen LogP contribution in [0.3, 0.4) is 0 Å². The van der Waals surface area contributed by atoms with E-state index < -0.39 is 0 Å². The zero-order valence-electron chi connectivity index (χ0n) is 13.4. The van der Waals surface area contributed by atoms with Gasteiger partial charge in [0.1, 0.15) is 5.75 Å². The molecule has 3 nitrogen and oxygen atoms in total. The number of rotatable bonds is 7. The molecule has 1 N–H and O–H groups in total. The Balaban J connectivity index is 1.46. The summed E-state index contributed by atoms with van der Waals surface area (Å²) < 4.78 is 5.78. The standard InChI is InChI=1S/C21H20N2O/c1-3-7-18(8-4-1)15-16-24-21-13-11-19(12-14-21)17-22-23-20-9-5-2-6-10-20/h1-14,17,23H,15-16H2/b22-17+. The largest absolute Gasteiger partial charge is 0.493 e. The van der Waals surface area contributed by atoms with E-state index in [2.05, 4.69) is 22.7 Å². The van der Waals surface area contributed by atoms with Gasteiger partial charge in [0.15, 0.2) is 0 Å². The molecule has 3 aromatic carbocycles. The van der Waals surface area contributed by atoms with E-state index >= 15 is 0 Å². The van der Waals surface area contributed by atoms with Crippen molar-refractivity contribution in [2.75, 3.05) is 12.0 Å². The fourth-order valence-electron chi connectivity index (χ4n) is 2.28. The molecule has 0 spiro atoms. The summed E-state index contributed by atoms with van der Waals surface area (Å²) in [6.45, 7) is 0.674. The van der Waals surface area contributed by atoms with E-state index in [0.717, 1.165) is 23.4 Å². The van der Waals surface area contributed by atoms with Crippen molar-refractivity contribution in [1.82, 2.24) is 0 Å². The first-order valence-corrected chi connectivity index (χ1v) is 8.01. The molecular formula is C21H20N2O. The van der Waals surface area contributed by atoms with Gasteiger partial charge in [-0.1, -0.05) is 48.5 Å². The number of hydrogen-bond acceptors (Lipinski definition) is 3. The minimum Gasteiger partial charge on any atom is -0.493 e. The van der Waals surface area contributed by atoms with Gasteiger partial charge < -0.3 is 4.74 Å². The van der Waals surface area contributed by atoms with E-state index in [1.54, 1.807) is 6.21 Å². The molecule has 0 atom stereocenters. The Kier molecular flexibility index (Phi) is 5.62. The number of hydrogen-bond donors (Lipinski definition) is 1. The van der Waals surface area contributed by atoms with Crippen molar-refractivity contribution in [2.24, 2.45) is 5.10 Å². The van der Waals surface area contributed by atoms with Crippen molar-refractivity contribution in [3.05, 3.63) is 96.1 Å². The lowest BCUT2D eigenvalue weighted by atomic mass is 10.2. The van der Waals surface area contributed by atoms with Crippen molar-refractivity contribution < 1.29 is 4.74 Å². The molecule has 0 aliphatic heterocycles. The first kappa shape index (κ1) is 15.8. The third-order valence-corrected chi connectivity index (χ3v) is 3.56. The number of nitrogens with one attached hydrogen (secondary N) is 1. The molecule has 0 bridgehead atoms. The van der Waals surface area contributed by atoms with E-state index in [0.29, 0.717) is 6.61 Å². The van der Waals surface area contributed by atoms with Gasteiger partial charge >= 0.3 is 0 Å². The summed E-state index contributed by atoms with van der Waals surface area (Å²) in [5.41, 5.74) is 6.27. The lowest BCUT2D eigenvalue weighted by molar-refractivity contribution is 0.322. The van der Waals surface area contributed by atoms with Crippen LogP contribution in [0.25, 0.3) is 0 Å². The van der Waals surface area contributed by atoms with Crippen molar-refractivity contribution in [3.8, 4) is 5.75 Å². The molecule has 0 saturated carbocycles. The van der Waals surface area contributed by atoms with Gasteiger partial charge in [-0.25, -0.2) is 0 Å². The average Bonchev–Trinajstić information content (AvgIpc) is 2.65. The highest BCUT2D eigenvalue weighted by Crippen LogP contribution is 2.12. The quantitative estimate of drug-likeness (QED) is 0.504. The maximum absolute atomic E-state index is 5.78. The van der Waals surface area contributed by atoms with Crippen LogP contribution in [0.1, 0.15) is 11.1 Å². The van der Waals surface area contributed by atoms with Gasteiger partial charge in [-0.2, -0.15) is 5.10 Å². The molecule has 3 heteroatoms. The smallest absolute Gasteiger partial charge is 0.119 e. The number of benzene rings is 3. The summed E-state index contributed by atoms with van der Waals surface area (Å²) in [4.78, 5) is 0. The highest BCUT2D eigenvalue weighted by molar-refractivity contribution is 5.80. The third-order valence-electron chi connectivity index (χ3n) is 3.56. The molecule has 120 valence electrons. The highest BCUT2D eigenvalue weighted by Gasteiger charge is 1.96. The molecule has 0 amide bonds. The summed E-state index contributed by atoms with van der Waals surface area (Å²) in [7, 11) is 0. The van der Waals surface area contributed by atoms with Crippen LogP contribution >= 0.6 is 0 Å². The van der Waals surface area contributed by atoms with Crippen LogP contribution in [0.15, 0.2) is 90.0 Å². The van der Waals surface area contributed by atoms with E-state index in [-0.39, 0.29) is 0 Å². The molecule has 3 aromatic rings. The van der Waals surface area contributed by atoms with E-state index in [1.807, 2.05) is 72.8 Å². The lowest BCUT2D eigenvalue weighted by Crippen LogP contribution is -2.01. The Morgan fingerprint density at radius 2 is 1.46 bits per heavy atom. The first-order chi connectivity index (χ1) is 11.9. The molecule has 3 rings (SSSR count). The van der Waals surface area contributed by atoms with E-state index in [1.165, 1.54) is 5.56 Å². The summed E-state index contributed by atoms with van der Waals surface area (Å²) in [6, 6.07) is 28.1. The van der Waals surface area contributed by atoms with Crippen LogP contribution in [0.4, 0.5) is 5.69 Å². The van der Waals surface area contributed by atoms with Crippen molar-refractivity contribution >= 4 is 11.9 Å². The summed E-state index contributed by atoms with van der Waals surface area (Å²) >= 11 is 0. The highest BCUT2D eigenvalue weighted by atomic mass is 16.5. The van der Waals surface area contributed by atoms with Crippen LogP contribution in [0.5, 0.6) is 5.75 Å². The minimum atomic E-state index is 0.674. The molecular weight excluding hydrogens is 296 g/mol. The Bertz CT molecular complexity index is 753. The molecule has 0 aromatic heterocycles. The van der Waals surface area contributed by atoms with Gasteiger partial charge in [-0.05, 0) is 47.5 Å². The van der Waals surface area contributed by atoms with Gasteiger partial charge in [0.25, 0.3) is 0 Å². The minimum absolute atomic E-state index is 0.674. The van der Waals surface area contributed by atoms with Crippen LogP contribution in [0.2, 0.25) is 0 Å². The van der Waals surface area contributed by atoms with Crippen molar-refractivity contribution in [2.45, 2.75) is 6.42 Å². The fourth-order valence-corrected chi connectivity index (χ4v) is 2.28. The van der Waals surface area contributed by atoms with E-state index in [9.17, 15) is 0 Å². The SMILES string of the molecule is C(=N\Nc1ccccc1)/c1ccc(OCCc2ccccc2)cc1. The van der Waals surface area contributed by atoms with E-state index in [4.69, 9.17) is 4.74 Å². The monoisotopic (exact) mass is 316 g/mol. The molecule has 0 aliphatic carbocycles. The van der Waals surface area contributed by atoms with Crippen molar-refractivity contribution in [3.63, 3.8) is 0 Å². The average molecular weight is 316 g/mol. The summed E-state index contributed by atoms with van der Waals surface area (Å²) in [5.74, 6) is 0.874. The van der Waals surface area contributed by atoms with Crippen LogP contribution in [0, 0.1) is 0 Å². The molecule has 0 heterocycles. The van der Waals surface area contributed by atoms with Crippen LogP contribution in [-0.2, 0) is 6.42 Å². The molecule has 0 saturated heterocycles. The number of hydrazone groups is 1. The number of nitrogens with zero attached hydrogens (tertiary/aromatic N) is 1. The zero-order valence-corrected chi connectivity index (χ0v) is 13.4. The fraction of sp³-hybridized carbons (Fsp3) is 0.0952. The molecule has 0 unspecified atom stereocenters. The van der Waals surface area contributed by atoms with Gasteiger partial charge in [-0.3, -0.25) is 5.43 Å². The Morgan fingerprint density at radius 3 is 2.17 bits per heavy atom. The van der Waals surface area contributed by atoms with Gasteiger partial charge in [0, 0.05) is 6.42 Å². The lowest BCUT2D eigenvalue weighted by Gasteiger charge is -2.06. The maximum Gasteiger partial charge on any atom is 0.119 e. The second-order valence-electron chi connectivity index (χ2n) is 5.39. The second-order valence-corrected chi connectivity index (χ2v) is 5.39. The van der Waals surface area contributed by atoms with Gasteiger partial charge in [0.2, 0.25) is 0 Å². The van der Waals surface area contributed by atoms with Crippen LogP contribution in [-0.4, -0.2) is 12.8 Å². The maximum atomic E-state index is 5.78. The topological polar surface area (TPSA) is 33.6 Å². The van der Waals surface area contributed by atoms with Gasteiger partial charge in [0.05, 0.1) is 18.5 Å². The Labute approximate surface area is 142 Å². The number of ether oxygens (including phenoxy) is 1. The normalized spacial score (nSPS) is 10.7. The second kappa shape index (κ2) is 8.53. The Morgan fingerprint density at radius 1 is 0.792 bits per heavy atom. The molecule has 0 radical (unpaired) electrons. The molecule has 0 aliphatic rings. The summed E-state index contributed by atoms with van der Waals surface area (Å²) in [6.07, 6.45) is 2.70. The third kappa shape index (κ3) is 4.99. The van der Waals surface area contributed by atoms with Crippen molar-refractivity contribution in [1.29, 1.82) is 0 Å². The zero-order chi connectivity index (χ0) is 16.5. The molecule has 24 heavy (non-hydrogen) atoms. The van der Waals surface area contributed by atoms with Crippen LogP contribution < -0.4 is 10.2 Å². The summed E-state index contributed by atoms with van der Waals surface area (Å²) in [5, 5.41) is 4.23. The first-order valence-electron chi connectivity index (χ1n) is 8.01. The number of anilines is 1. The number of para-hydroxylation sites is 1. The van der Waals surface area contributed by atoms with Gasteiger partial charge in [-0.15, -0.1) is 0 Å². The Hall–Kier alpha value is -3.07. The predicted molar refractivity (Wildman–Crippen MR) is 99.7 cm³/mol. The predicted octanol–water partition coefficient (Wildman–Crippen LogP) is 4.75.